The summed E-state index contributed by atoms with van der Waals surface area (Å²) in [5.41, 5.74) is -2.54. The average Bonchev–Trinajstić information content (AvgIpc) is 4.13. The Morgan fingerprint density at radius 1 is 0.968 bits per heavy atom. The van der Waals surface area contributed by atoms with Gasteiger partial charge in [-0.1, -0.05) is 52.2 Å². The molecule has 21 heteroatoms. The predicted molar refractivity (Wildman–Crippen MR) is 212 cm³/mol. The summed E-state index contributed by atoms with van der Waals surface area (Å²) in [6, 6.07) is 0.380. The first-order valence-corrected chi connectivity index (χ1v) is 22.4. The molecule has 3 saturated carbocycles. The van der Waals surface area contributed by atoms with E-state index in [1.54, 1.807) is 26.8 Å². The second kappa shape index (κ2) is 17.4. The molecule has 0 radical (unpaired) electrons. The van der Waals surface area contributed by atoms with Crippen molar-refractivity contribution >= 4 is 45.7 Å². The van der Waals surface area contributed by atoms with Crippen molar-refractivity contribution in [3.63, 3.8) is 0 Å². The summed E-state index contributed by atoms with van der Waals surface area (Å²) in [5.74, 6) is -7.14. The Balaban J connectivity index is 1.15. The van der Waals surface area contributed by atoms with Crippen molar-refractivity contribution in [1.82, 2.24) is 40.4 Å². The normalized spacial score (nSPS) is 24.7. The molecule has 1 aromatic carbocycles. The molecule has 1 unspecified atom stereocenters. The number of ether oxygens (including phenoxy) is 1. The van der Waals surface area contributed by atoms with Crippen LogP contribution in [0, 0.1) is 23.1 Å². The van der Waals surface area contributed by atoms with Crippen LogP contribution in [0.15, 0.2) is 36.8 Å². The number of amides is 6. The highest BCUT2D eigenvalue weighted by atomic mass is 32.2. The number of aromatic nitrogens is 2. The molecule has 0 spiro atoms. The Hall–Kier alpha value is -5.34. The molecule has 6 amide bonds. The van der Waals surface area contributed by atoms with Crippen molar-refractivity contribution in [3.05, 3.63) is 59.4 Å². The number of nitrogens with one attached hydrogen (secondary N) is 4. The second-order valence-corrected chi connectivity index (χ2v) is 20.0. The molecule has 336 valence electrons. The van der Waals surface area contributed by atoms with E-state index in [9.17, 15) is 50.4 Å². The first-order chi connectivity index (χ1) is 29.3. The van der Waals surface area contributed by atoms with Crippen LogP contribution in [-0.2, 0) is 47.0 Å². The molecule has 5 aliphatic rings. The SMILES string of the molecule is CC(C)(C)[C@H](NC(=O)[C@@H](NC(=O)c1cnccn1)C1CCCCC1)C(=O)N1C[C@H](OC(=O)N2Cc3cccc(F)c3C2)CC1C(=O)N[C@@]1(C(=O)NS(=O)(=O)C2CC2)C[C@H]1C(F)F. The van der Waals surface area contributed by atoms with Gasteiger partial charge in [-0.3, -0.25) is 38.6 Å². The molecule has 2 aliphatic heterocycles. The summed E-state index contributed by atoms with van der Waals surface area (Å²) in [6.45, 7) is 4.48. The number of hydrogen-bond acceptors (Lipinski definition) is 11. The number of hydrogen-bond donors (Lipinski definition) is 4. The molecular formula is C41H51F3N8O9S. The van der Waals surface area contributed by atoms with Gasteiger partial charge in [-0.05, 0) is 55.1 Å². The minimum atomic E-state index is -4.21. The Kier molecular flexibility index (Phi) is 12.6. The number of rotatable bonds is 13. The monoisotopic (exact) mass is 888 g/mol. The van der Waals surface area contributed by atoms with Crippen LogP contribution in [0.5, 0.6) is 0 Å². The molecule has 62 heavy (non-hydrogen) atoms. The fourth-order valence-electron chi connectivity index (χ4n) is 8.68. The number of alkyl halides is 2. The molecule has 0 bridgehead atoms. The van der Waals surface area contributed by atoms with Crippen molar-refractivity contribution in [2.75, 3.05) is 6.54 Å². The molecule has 1 aromatic heterocycles. The first kappa shape index (κ1) is 44.7. The van der Waals surface area contributed by atoms with E-state index in [-0.39, 0.29) is 44.0 Å². The zero-order valence-corrected chi connectivity index (χ0v) is 35.4. The highest BCUT2D eigenvalue weighted by molar-refractivity contribution is 7.91. The fraction of sp³-hybridized carbons (Fsp3) is 0.610. The maximum Gasteiger partial charge on any atom is 0.410 e. The van der Waals surface area contributed by atoms with Crippen molar-refractivity contribution in [3.8, 4) is 0 Å². The third kappa shape index (κ3) is 9.51. The van der Waals surface area contributed by atoms with Crippen molar-refractivity contribution < 1.29 is 55.1 Å². The van der Waals surface area contributed by atoms with E-state index in [1.165, 1.54) is 35.6 Å². The molecule has 6 atom stereocenters. The number of sulfonamides is 1. The number of carbonyl (C=O) groups excluding carboxylic acids is 6. The van der Waals surface area contributed by atoms with E-state index in [0.29, 0.717) is 24.0 Å². The Morgan fingerprint density at radius 2 is 1.69 bits per heavy atom. The van der Waals surface area contributed by atoms with E-state index in [0.717, 1.165) is 24.2 Å². The molecule has 1 saturated heterocycles. The number of benzene rings is 1. The van der Waals surface area contributed by atoms with Crippen LogP contribution in [-0.4, -0.2) is 112 Å². The number of carbonyl (C=O) groups is 6. The van der Waals surface area contributed by atoms with Crippen molar-refractivity contribution in [2.24, 2.45) is 17.3 Å². The van der Waals surface area contributed by atoms with Gasteiger partial charge in [-0.15, -0.1) is 0 Å². The molecule has 4 fully saturated rings. The molecule has 3 aliphatic carbocycles. The topological polar surface area (TPSA) is 226 Å². The minimum absolute atomic E-state index is 0.0231. The van der Waals surface area contributed by atoms with Gasteiger partial charge in [0.15, 0.2) is 0 Å². The number of nitrogens with zero attached hydrogens (tertiary/aromatic N) is 4. The zero-order chi connectivity index (χ0) is 44.7. The van der Waals surface area contributed by atoms with Crippen LogP contribution >= 0.6 is 0 Å². The van der Waals surface area contributed by atoms with Gasteiger partial charge in [-0.2, -0.15) is 0 Å². The summed E-state index contributed by atoms with van der Waals surface area (Å²) < 4.78 is 76.0. The smallest absolute Gasteiger partial charge is 0.410 e. The van der Waals surface area contributed by atoms with E-state index >= 15 is 0 Å². The van der Waals surface area contributed by atoms with Crippen LogP contribution in [0.1, 0.15) is 100 Å². The van der Waals surface area contributed by atoms with Gasteiger partial charge in [0.25, 0.3) is 11.8 Å². The van der Waals surface area contributed by atoms with E-state index in [4.69, 9.17) is 4.74 Å². The maximum absolute atomic E-state index is 14.9. The number of halogens is 3. The quantitative estimate of drug-likeness (QED) is 0.229. The maximum atomic E-state index is 14.9. The van der Waals surface area contributed by atoms with Gasteiger partial charge in [0, 0.05) is 30.9 Å². The van der Waals surface area contributed by atoms with Gasteiger partial charge in [0.2, 0.25) is 34.2 Å². The van der Waals surface area contributed by atoms with Gasteiger partial charge >= 0.3 is 6.09 Å². The van der Waals surface area contributed by atoms with Crippen LogP contribution in [0.3, 0.4) is 0 Å². The van der Waals surface area contributed by atoms with Gasteiger partial charge < -0.3 is 25.6 Å². The van der Waals surface area contributed by atoms with E-state index in [2.05, 4.69) is 25.9 Å². The largest absolute Gasteiger partial charge is 0.444 e. The lowest BCUT2D eigenvalue weighted by Gasteiger charge is -2.37. The van der Waals surface area contributed by atoms with Gasteiger partial charge in [0.1, 0.15) is 41.3 Å². The average molecular weight is 889 g/mol. The summed E-state index contributed by atoms with van der Waals surface area (Å²) in [4.78, 5) is 94.0. The summed E-state index contributed by atoms with van der Waals surface area (Å²) >= 11 is 0. The number of likely N-dealkylation sites (tertiary alicyclic amines) is 1. The third-order valence-electron chi connectivity index (χ3n) is 12.5. The molecular weight excluding hydrogens is 838 g/mol. The predicted octanol–water partition coefficient (Wildman–Crippen LogP) is 2.70. The molecule has 4 N–H and O–H groups in total. The van der Waals surface area contributed by atoms with Crippen LogP contribution in [0.4, 0.5) is 18.0 Å². The summed E-state index contributed by atoms with van der Waals surface area (Å²) in [5, 5.41) is 7.06. The highest BCUT2D eigenvalue weighted by Crippen LogP contribution is 2.48. The highest BCUT2D eigenvalue weighted by Gasteiger charge is 2.67. The van der Waals surface area contributed by atoms with Crippen LogP contribution in [0.25, 0.3) is 0 Å². The minimum Gasteiger partial charge on any atom is -0.444 e. The summed E-state index contributed by atoms with van der Waals surface area (Å²) in [7, 11) is -4.21. The van der Waals surface area contributed by atoms with Gasteiger partial charge in [-0.25, -0.2) is 31.4 Å². The summed E-state index contributed by atoms with van der Waals surface area (Å²) in [6.07, 6.45) is 2.15. The van der Waals surface area contributed by atoms with Gasteiger partial charge in [0.05, 0.1) is 30.5 Å². The lowest BCUT2D eigenvalue weighted by Crippen LogP contribution is -2.62. The Bertz CT molecular complexity index is 2200. The first-order valence-electron chi connectivity index (χ1n) is 20.8. The number of fused-ring (bicyclic) bond motifs is 1. The van der Waals surface area contributed by atoms with Crippen molar-refractivity contribution in [2.45, 2.75) is 133 Å². The molecule has 7 rings (SSSR count). The second-order valence-electron chi connectivity index (χ2n) is 18.0. The molecule has 2 aromatic rings. The van der Waals surface area contributed by atoms with E-state index in [1.807, 2.05) is 4.72 Å². The third-order valence-corrected chi connectivity index (χ3v) is 14.3. The van der Waals surface area contributed by atoms with Crippen LogP contribution < -0.4 is 20.7 Å². The Morgan fingerprint density at radius 3 is 2.31 bits per heavy atom. The molecule has 17 nitrogen and oxygen atoms in total. The lowest BCUT2D eigenvalue weighted by molar-refractivity contribution is -0.145. The van der Waals surface area contributed by atoms with Crippen molar-refractivity contribution in [1.29, 1.82) is 0 Å². The standard InChI is InChI=1S/C41H51F3N8O9S/c1-40(2,3)32(48-36(55)31(22-8-5-4-6-9-22)47-34(53)29-18-45-14-15-46-29)37(56)52-20-24(61-39(58)51-19-23-10-7-11-28(42)26(23)21-51)16-30(52)35(54)49-41(17-27(41)33(43)44)38(57)50-62(59,60)25-12-13-25/h7,10-11,14-15,18,22,24-25,27,30-33H,4-6,8-9,12-13,16-17,19-21H2,1-3H3,(H,47,53)(H,48,55)(H,49,54)(H,50,57)/t24-,27+,30?,31+,32-,41+/m1/s1. The van der Waals surface area contributed by atoms with E-state index < -0.39 is 117 Å². The molecule has 3 heterocycles. The zero-order valence-electron chi connectivity index (χ0n) is 34.6. The fourth-order valence-corrected chi connectivity index (χ4v) is 10.0. The lowest BCUT2D eigenvalue weighted by atomic mass is 9.82. The Labute approximate surface area is 356 Å². The van der Waals surface area contributed by atoms with Crippen LogP contribution in [0.2, 0.25) is 0 Å².